The highest BCUT2D eigenvalue weighted by Gasteiger charge is 2.14. The highest BCUT2D eigenvalue weighted by molar-refractivity contribution is 7.84. The first-order valence-corrected chi connectivity index (χ1v) is 5.76. The molecule has 0 atom stereocenters. The monoisotopic (exact) mass is 245 g/mol. The van der Waals surface area contributed by atoms with E-state index in [0.29, 0.717) is 11.3 Å². The second-order valence-corrected chi connectivity index (χ2v) is 4.09. The number of hydrogen-bond donors (Lipinski definition) is 1. The summed E-state index contributed by atoms with van der Waals surface area (Å²) in [4.78, 5) is 11.2. The van der Waals surface area contributed by atoms with Crippen LogP contribution in [0, 0.1) is 0 Å². The number of carbonyl (C=O) groups excluding carboxylic acids is 1. The topological polar surface area (TPSA) is 95.7 Å². The van der Waals surface area contributed by atoms with Gasteiger partial charge in [-0.3, -0.25) is 4.79 Å². The van der Waals surface area contributed by atoms with Gasteiger partial charge in [0.1, 0.15) is 5.75 Å². The van der Waals surface area contributed by atoms with Crippen molar-refractivity contribution in [3.8, 4) is 5.75 Å². The zero-order chi connectivity index (χ0) is 12.2. The van der Waals surface area contributed by atoms with Crippen LogP contribution in [0.25, 0.3) is 0 Å². The lowest BCUT2D eigenvalue weighted by atomic mass is 10.1. The Morgan fingerprint density at radius 2 is 2.00 bits per heavy atom. The van der Waals surface area contributed by atoms with Gasteiger partial charge < -0.3 is 8.92 Å². The number of para-hydroxylation sites is 1. The Morgan fingerprint density at radius 1 is 1.38 bits per heavy atom. The van der Waals surface area contributed by atoms with E-state index in [4.69, 9.17) is 4.74 Å². The summed E-state index contributed by atoms with van der Waals surface area (Å²) in [6.45, 7) is 0. The molecule has 0 saturated carbocycles. The average Bonchev–Trinajstić information content (AvgIpc) is 2.15. The number of carbonyl (C=O) groups is 1. The summed E-state index contributed by atoms with van der Waals surface area (Å²) in [5, 5.41) is 4.56. The predicted molar refractivity (Wildman–Crippen MR) is 55.9 cm³/mol. The van der Waals surface area contributed by atoms with Gasteiger partial charge in [-0.05, 0) is 6.07 Å². The van der Waals surface area contributed by atoms with Gasteiger partial charge in [0.25, 0.3) is 0 Å². The van der Waals surface area contributed by atoms with Crippen LogP contribution in [0.5, 0.6) is 5.75 Å². The highest BCUT2D eigenvalue weighted by atomic mass is 32.2. The molecule has 0 fully saturated rings. The quantitative estimate of drug-likeness (QED) is 0.804. The van der Waals surface area contributed by atoms with E-state index in [1.54, 1.807) is 24.3 Å². The fourth-order valence-corrected chi connectivity index (χ4v) is 1.48. The lowest BCUT2D eigenvalue weighted by molar-refractivity contribution is -0.133. The molecule has 0 aromatic heterocycles. The Morgan fingerprint density at radius 3 is 2.56 bits per heavy atom. The fraction of sp³-hybridized carbons (Fsp3) is 0.222. The highest BCUT2D eigenvalue weighted by Crippen LogP contribution is 2.18. The molecule has 0 unspecified atom stereocenters. The standard InChI is InChI=1S/C9H11NO5S/c1-14-8-5-3-2-4-7(8)6-9(11)15-16(10,12)13/h2-5H,6H2,1H3,(H2,10,12,13). The first-order valence-electron chi connectivity index (χ1n) is 4.29. The van der Waals surface area contributed by atoms with Gasteiger partial charge in [0.2, 0.25) is 0 Å². The second-order valence-electron chi connectivity index (χ2n) is 2.94. The number of nitrogens with two attached hydrogens (primary N) is 1. The number of benzene rings is 1. The molecule has 0 aliphatic heterocycles. The lowest BCUT2D eigenvalue weighted by Crippen LogP contribution is -2.21. The summed E-state index contributed by atoms with van der Waals surface area (Å²) in [6.07, 6.45) is -0.222. The summed E-state index contributed by atoms with van der Waals surface area (Å²) < 4.78 is 30.0. The van der Waals surface area contributed by atoms with Crippen LogP contribution in [-0.4, -0.2) is 21.5 Å². The van der Waals surface area contributed by atoms with Crippen LogP contribution in [0.3, 0.4) is 0 Å². The van der Waals surface area contributed by atoms with Gasteiger partial charge in [0.15, 0.2) is 0 Å². The maximum absolute atomic E-state index is 11.2. The number of hydrogen-bond acceptors (Lipinski definition) is 5. The van der Waals surface area contributed by atoms with Gasteiger partial charge in [-0.15, -0.1) is 0 Å². The molecule has 0 saturated heterocycles. The molecule has 0 bridgehead atoms. The van der Waals surface area contributed by atoms with E-state index in [1.165, 1.54) is 7.11 Å². The Hall–Kier alpha value is -1.60. The van der Waals surface area contributed by atoms with E-state index in [0.717, 1.165) is 0 Å². The Kier molecular flexibility index (Phi) is 3.86. The normalized spacial score (nSPS) is 10.9. The van der Waals surface area contributed by atoms with E-state index in [9.17, 15) is 13.2 Å². The number of rotatable bonds is 4. The van der Waals surface area contributed by atoms with Crippen molar-refractivity contribution < 1.29 is 22.1 Å². The van der Waals surface area contributed by atoms with Crippen LogP contribution in [0.2, 0.25) is 0 Å². The zero-order valence-electron chi connectivity index (χ0n) is 8.54. The molecule has 0 heterocycles. The molecular weight excluding hydrogens is 234 g/mol. The Bertz CT molecular complexity index is 482. The maximum atomic E-state index is 11.2. The lowest BCUT2D eigenvalue weighted by Gasteiger charge is -2.06. The first-order chi connectivity index (χ1) is 7.42. The van der Waals surface area contributed by atoms with E-state index in [-0.39, 0.29) is 6.42 Å². The van der Waals surface area contributed by atoms with Crippen molar-refractivity contribution in [2.45, 2.75) is 6.42 Å². The van der Waals surface area contributed by atoms with E-state index >= 15 is 0 Å². The molecule has 7 heteroatoms. The van der Waals surface area contributed by atoms with Crippen LogP contribution in [0.15, 0.2) is 24.3 Å². The number of methoxy groups -OCH3 is 1. The Labute approximate surface area is 93.2 Å². The molecule has 0 aliphatic carbocycles. The van der Waals surface area contributed by atoms with Crippen LogP contribution in [0.1, 0.15) is 5.56 Å². The summed E-state index contributed by atoms with van der Waals surface area (Å²) in [7, 11) is -2.81. The van der Waals surface area contributed by atoms with Crippen molar-refractivity contribution in [2.75, 3.05) is 7.11 Å². The minimum absolute atomic E-state index is 0.222. The van der Waals surface area contributed by atoms with Gasteiger partial charge >= 0.3 is 16.3 Å². The van der Waals surface area contributed by atoms with E-state index in [1.807, 2.05) is 0 Å². The summed E-state index contributed by atoms with van der Waals surface area (Å²) in [6, 6.07) is 6.71. The fourth-order valence-electron chi connectivity index (χ4n) is 1.16. The summed E-state index contributed by atoms with van der Waals surface area (Å²) in [5.74, 6) is -0.471. The first kappa shape index (κ1) is 12.5. The SMILES string of the molecule is COc1ccccc1CC(=O)OS(N)(=O)=O. The van der Waals surface area contributed by atoms with Crippen molar-refractivity contribution >= 4 is 16.3 Å². The summed E-state index contributed by atoms with van der Waals surface area (Å²) in [5.41, 5.74) is 0.527. The summed E-state index contributed by atoms with van der Waals surface area (Å²) >= 11 is 0. The van der Waals surface area contributed by atoms with E-state index in [2.05, 4.69) is 9.32 Å². The number of ether oxygens (including phenoxy) is 1. The zero-order valence-corrected chi connectivity index (χ0v) is 9.36. The van der Waals surface area contributed by atoms with Gasteiger partial charge in [0.05, 0.1) is 13.5 Å². The van der Waals surface area contributed by atoms with Crippen LogP contribution >= 0.6 is 0 Å². The molecule has 1 rings (SSSR count). The smallest absolute Gasteiger partial charge is 0.382 e. The molecule has 0 radical (unpaired) electrons. The van der Waals surface area contributed by atoms with Crippen molar-refractivity contribution in [2.24, 2.45) is 5.14 Å². The molecule has 16 heavy (non-hydrogen) atoms. The molecule has 1 aromatic carbocycles. The van der Waals surface area contributed by atoms with Crippen molar-refractivity contribution in [3.63, 3.8) is 0 Å². The molecule has 1 aromatic rings. The molecule has 2 N–H and O–H groups in total. The molecule has 0 spiro atoms. The van der Waals surface area contributed by atoms with Gasteiger partial charge in [0, 0.05) is 5.56 Å². The van der Waals surface area contributed by atoms with Crippen molar-refractivity contribution in [1.82, 2.24) is 0 Å². The van der Waals surface area contributed by atoms with Crippen LogP contribution in [0.4, 0.5) is 0 Å². The third-order valence-electron chi connectivity index (χ3n) is 1.74. The Balaban J connectivity index is 2.77. The molecule has 6 nitrogen and oxygen atoms in total. The van der Waals surface area contributed by atoms with Crippen LogP contribution < -0.4 is 9.88 Å². The van der Waals surface area contributed by atoms with Crippen molar-refractivity contribution in [3.05, 3.63) is 29.8 Å². The molecular formula is C9H11NO5S. The van der Waals surface area contributed by atoms with Crippen molar-refractivity contribution in [1.29, 1.82) is 0 Å². The predicted octanol–water partition coefficient (Wildman–Crippen LogP) is -0.0156. The minimum Gasteiger partial charge on any atom is -0.496 e. The third-order valence-corrected chi connectivity index (χ3v) is 2.15. The third kappa shape index (κ3) is 3.87. The second kappa shape index (κ2) is 4.95. The molecule has 0 aliphatic rings. The minimum atomic E-state index is -4.25. The van der Waals surface area contributed by atoms with Gasteiger partial charge in [-0.25, -0.2) is 0 Å². The maximum Gasteiger partial charge on any atom is 0.382 e. The van der Waals surface area contributed by atoms with E-state index < -0.39 is 16.3 Å². The molecule has 88 valence electrons. The van der Waals surface area contributed by atoms with Gasteiger partial charge in [-0.1, -0.05) is 18.2 Å². The largest absolute Gasteiger partial charge is 0.496 e. The average molecular weight is 245 g/mol. The van der Waals surface area contributed by atoms with Crippen LogP contribution in [-0.2, 0) is 25.7 Å². The molecule has 0 amide bonds. The van der Waals surface area contributed by atoms with Gasteiger partial charge in [-0.2, -0.15) is 13.6 Å².